The van der Waals surface area contributed by atoms with E-state index in [-0.39, 0.29) is 17.3 Å². The standard InChI is InChI=1S/C25H23O3S/c1-15(2)25(27)28-24-16(3)13-18(14-17(24)4)29-21-11-7-5-9-19(21)23(26)20-10-6-8-12-22(20)29/h5-15H,1-4H3/q+1. The number of ether oxygens (including phenoxy) is 1. The van der Waals surface area contributed by atoms with Crippen molar-refractivity contribution in [2.45, 2.75) is 27.7 Å². The van der Waals surface area contributed by atoms with Gasteiger partial charge < -0.3 is 4.74 Å². The van der Waals surface area contributed by atoms with Crippen LogP contribution in [0, 0.1) is 19.8 Å². The molecule has 3 aromatic carbocycles. The third-order valence-corrected chi connectivity index (χ3v) is 7.35. The average molecular weight is 404 g/mol. The summed E-state index contributed by atoms with van der Waals surface area (Å²) < 4.78 is 7.73. The predicted molar refractivity (Wildman–Crippen MR) is 121 cm³/mol. The van der Waals surface area contributed by atoms with Gasteiger partial charge in [-0.2, -0.15) is 0 Å². The molecule has 0 radical (unpaired) electrons. The summed E-state index contributed by atoms with van der Waals surface area (Å²) in [5.41, 5.74) is 1.93. The molecule has 4 heteroatoms. The SMILES string of the molecule is Cc1cc(-[s+]2c3ccccc3c(=O)c3ccccc32)cc(C)c1OC(=O)C(C)C. The van der Waals surface area contributed by atoms with Crippen LogP contribution in [0.3, 0.4) is 0 Å². The number of aryl methyl sites for hydroxylation is 2. The van der Waals surface area contributed by atoms with E-state index in [1.54, 1.807) is 0 Å². The first kappa shape index (κ1) is 19.3. The molecular weight excluding hydrogens is 380 g/mol. The summed E-state index contributed by atoms with van der Waals surface area (Å²) in [7, 11) is -0.390. The van der Waals surface area contributed by atoms with Gasteiger partial charge in [0, 0.05) is 22.6 Å². The maximum absolute atomic E-state index is 13.0. The first-order valence-corrected chi connectivity index (χ1v) is 10.9. The molecule has 0 saturated heterocycles. The monoisotopic (exact) mass is 403 g/mol. The van der Waals surface area contributed by atoms with Gasteiger partial charge in [0.15, 0.2) is 14.3 Å². The second-order valence-corrected chi connectivity index (χ2v) is 9.55. The summed E-state index contributed by atoms with van der Waals surface area (Å²) in [4.78, 5) is 26.2. The van der Waals surface area contributed by atoms with Crippen LogP contribution in [0.15, 0.2) is 65.5 Å². The Morgan fingerprint density at radius 3 is 1.83 bits per heavy atom. The molecule has 0 unspecified atom stereocenters. The lowest BCUT2D eigenvalue weighted by Crippen LogP contribution is -2.16. The fourth-order valence-electron chi connectivity index (χ4n) is 3.59. The number of hydrogen-bond acceptors (Lipinski definition) is 3. The first-order valence-electron chi connectivity index (χ1n) is 9.68. The Labute approximate surface area is 172 Å². The topological polar surface area (TPSA) is 43.4 Å². The highest BCUT2D eigenvalue weighted by atomic mass is 32.2. The summed E-state index contributed by atoms with van der Waals surface area (Å²) in [6.45, 7) is 7.59. The van der Waals surface area contributed by atoms with Crippen LogP contribution >= 0.6 is 10.5 Å². The van der Waals surface area contributed by atoms with Crippen LogP contribution in [0.2, 0.25) is 0 Å². The number of rotatable bonds is 3. The Kier molecular flexibility index (Phi) is 4.97. The summed E-state index contributed by atoms with van der Waals surface area (Å²) in [6.07, 6.45) is 0. The van der Waals surface area contributed by atoms with Crippen LogP contribution in [0.5, 0.6) is 5.75 Å². The molecule has 0 fully saturated rings. The van der Waals surface area contributed by atoms with Crippen molar-refractivity contribution >= 4 is 36.6 Å². The largest absolute Gasteiger partial charge is 0.426 e. The second-order valence-electron chi connectivity index (χ2n) is 7.59. The van der Waals surface area contributed by atoms with E-state index >= 15 is 0 Å². The first-order chi connectivity index (χ1) is 13.9. The molecule has 0 aliphatic carbocycles. The van der Waals surface area contributed by atoms with Gasteiger partial charge in [-0.05, 0) is 49.2 Å². The molecule has 0 amide bonds. The van der Waals surface area contributed by atoms with Crippen molar-refractivity contribution in [3.63, 3.8) is 0 Å². The molecule has 0 saturated carbocycles. The van der Waals surface area contributed by atoms with E-state index in [9.17, 15) is 9.59 Å². The zero-order valence-corrected chi connectivity index (χ0v) is 17.8. The summed E-state index contributed by atoms with van der Waals surface area (Å²) in [5, 5.41) is 1.53. The van der Waals surface area contributed by atoms with E-state index in [4.69, 9.17) is 4.74 Å². The minimum absolute atomic E-state index is 0.0795. The van der Waals surface area contributed by atoms with Crippen molar-refractivity contribution in [3.05, 3.63) is 82.0 Å². The molecule has 0 N–H and O–H groups in total. The van der Waals surface area contributed by atoms with Gasteiger partial charge in [0.1, 0.15) is 5.75 Å². The molecule has 0 spiro atoms. The highest BCUT2D eigenvalue weighted by molar-refractivity contribution is 7.49. The van der Waals surface area contributed by atoms with Gasteiger partial charge in [0.05, 0.1) is 16.7 Å². The molecule has 29 heavy (non-hydrogen) atoms. The highest BCUT2D eigenvalue weighted by Crippen LogP contribution is 2.45. The van der Waals surface area contributed by atoms with Crippen LogP contribution in [0.4, 0.5) is 0 Å². The van der Waals surface area contributed by atoms with E-state index in [1.165, 1.54) is 0 Å². The molecule has 0 bridgehead atoms. The van der Waals surface area contributed by atoms with Crippen molar-refractivity contribution in [2.75, 3.05) is 0 Å². The van der Waals surface area contributed by atoms with Gasteiger partial charge in [0.2, 0.25) is 5.43 Å². The second kappa shape index (κ2) is 7.45. The number of benzene rings is 3. The lowest BCUT2D eigenvalue weighted by Gasteiger charge is -2.13. The predicted octanol–water partition coefficient (Wildman–Crippen LogP) is 6.27. The molecule has 0 aliphatic heterocycles. The van der Waals surface area contributed by atoms with E-state index in [0.717, 1.165) is 36.2 Å². The fourth-order valence-corrected chi connectivity index (χ4v) is 6.11. The summed E-state index contributed by atoms with van der Waals surface area (Å²) >= 11 is 0. The summed E-state index contributed by atoms with van der Waals surface area (Å²) in [6, 6.07) is 19.9. The van der Waals surface area contributed by atoms with Crippen molar-refractivity contribution < 1.29 is 9.53 Å². The van der Waals surface area contributed by atoms with Crippen molar-refractivity contribution in [3.8, 4) is 10.6 Å². The average Bonchev–Trinajstić information content (AvgIpc) is 2.71. The van der Waals surface area contributed by atoms with Crippen molar-refractivity contribution in [1.82, 2.24) is 0 Å². The zero-order chi connectivity index (χ0) is 20.7. The molecule has 3 nitrogen and oxygen atoms in total. The molecule has 4 rings (SSSR count). The van der Waals surface area contributed by atoms with Crippen LogP contribution in [0.1, 0.15) is 25.0 Å². The van der Waals surface area contributed by atoms with Gasteiger partial charge in [-0.3, -0.25) is 9.59 Å². The highest BCUT2D eigenvalue weighted by Gasteiger charge is 2.24. The fraction of sp³-hybridized carbons (Fsp3) is 0.200. The molecule has 1 heterocycles. The van der Waals surface area contributed by atoms with Crippen LogP contribution in [0.25, 0.3) is 25.1 Å². The van der Waals surface area contributed by atoms with Crippen LogP contribution in [-0.4, -0.2) is 5.97 Å². The smallest absolute Gasteiger partial charge is 0.313 e. The Bertz CT molecular complexity index is 1230. The lowest BCUT2D eigenvalue weighted by molar-refractivity contribution is -0.137. The van der Waals surface area contributed by atoms with Crippen LogP contribution < -0.4 is 10.2 Å². The third-order valence-electron chi connectivity index (χ3n) is 5.05. The van der Waals surface area contributed by atoms with Gasteiger partial charge >= 0.3 is 5.97 Å². The Morgan fingerprint density at radius 2 is 1.34 bits per heavy atom. The molecule has 4 aromatic rings. The van der Waals surface area contributed by atoms with Crippen LogP contribution in [-0.2, 0) is 4.79 Å². The Balaban J connectivity index is 2.01. The summed E-state index contributed by atoms with van der Waals surface area (Å²) in [5.74, 6) is 0.217. The number of carbonyl (C=O) groups excluding carboxylic acids is 1. The van der Waals surface area contributed by atoms with E-state index < -0.39 is 10.5 Å². The maximum Gasteiger partial charge on any atom is 0.313 e. The number of carbonyl (C=O) groups is 1. The Morgan fingerprint density at radius 1 is 0.862 bits per heavy atom. The lowest BCUT2D eigenvalue weighted by atomic mass is 10.1. The number of esters is 1. The van der Waals surface area contributed by atoms with Gasteiger partial charge in [-0.1, -0.05) is 38.1 Å². The van der Waals surface area contributed by atoms with Crippen molar-refractivity contribution in [1.29, 1.82) is 0 Å². The molecular formula is C25H23O3S+. The van der Waals surface area contributed by atoms with Crippen molar-refractivity contribution in [2.24, 2.45) is 5.92 Å². The zero-order valence-electron chi connectivity index (χ0n) is 17.0. The van der Waals surface area contributed by atoms with Gasteiger partial charge in [-0.15, -0.1) is 0 Å². The molecule has 0 atom stereocenters. The van der Waals surface area contributed by atoms with E-state index in [0.29, 0.717) is 5.75 Å². The quantitative estimate of drug-likeness (QED) is 0.175. The van der Waals surface area contributed by atoms with E-state index in [2.05, 4.69) is 12.1 Å². The van der Waals surface area contributed by atoms with Gasteiger partial charge in [-0.25, -0.2) is 0 Å². The Hall–Kier alpha value is -2.98. The van der Waals surface area contributed by atoms with E-state index in [1.807, 2.05) is 76.2 Å². The van der Waals surface area contributed by atoms with Gasteiger partial charge in [0.25, 0.3) is 0 Å². The maximum atomic E-state index is 13.0. The molecule has 146 valence electrons. The third kappa shape index (κ3) is 3.34. The minimum Gasteiger partial charge on any atom is -0.426 e. The molecule has 1 aromatic heterocycles. The number of fused-ring (bicyclic) bond motifs is 2. The number of hydrogen-bond donors (Lipinski definition) is 0. The molecule has 0 aliphatic rings. The minimum atomic E-state index is -0.390. The normalized spacial score (nSPS) is 11.3.